The highest BCUT2D eigenvalue weighted by molar-refractivity contribution is 6.09. The fourth-order valence-electron chi connectivity index (χ4n) is 7.37. The van der Waals surface area contributed by atoms with Crippen molar-refractivity contribution in [3.8, 4) is 33.8 Å². The van der Waals surface area contributed by atoms with Gasteiger partial charge in [0.25, 0.3) is 0 Å². The van der Waals surface area contributed by atoms with Crippen LogP contribution in [0.25, 0.3) is 43.8 Å². The Hall–Kier alpha value is -4.56. The molecule has 8 rings (SSSR count). The molecule has 1 fully saturated rings. The van der Waals surface area contributed by atoms with Crippen molar-refractivity contribution in [2.24, 2.45) is 5.92 Å². The Morgan fingerprint density at radius 3 is 1.41 bits per heavy atom. The zero-order valence-electron chi connectivity index (χ0n) is 25.3. The van der Waals surface area contributed by atoms with Crippen molar-refractivity contribution < 1.29 is 9.47 Å². The van der Waals surface area contributed by atoms with E-state index in [0.29, 0.717) is 13.2 Å². The van der Waals surface area contributed by atoms with Gasteiger partial charge >= 0.3 is 0 Å². The molecular formula is C42H38O2. The molecule has 0 bridgehead atoms. The van der Waals surface area contributed by atoms with Crippen LogP contribution in [0.2, 0.25) is 0 Å². The van der Waals surface area contributed by atoms with Gasteiger partial charge in [-0.25, -0.2) is 0 Å². The van der Waals surface area contributed by atoms with Gasteiger partial charge in [-0.05, 0) is 80.6 Å². The van der Waals surface area contributed by atoms with E-state index < -0.39 is 0 Å². The van der Waals surface area contributed by atoms with Crippen molar-refractivity contribution in [2.45, 2.75) is 44.4 Å². The van der Waals surface area contributed by atoms with Crippen LogP contribution in [0.3, 0.4) is 0 Å². The van der Waals surface area contributed by atoms with E-state index in [-0.39, 0.29) is 5.92 Å². The number of rotatable bonds is 3. The molecule has 6 aromatic rings. The van der Waals surface area contributed by atoms with Crippen LogP contribution in [-0.4, -0.2) is 13.2 Å². The quantitative estimate of drug-likeness (QED) is 0.209. The molecule has 44 heavy (non-hydrogen) atoms. The van der Waals surface area contributed by atoms with Gasteiger partial charge in [0.15, 0.2) is 0 Å². The first kappa shape index (κ1) is 27.0. The number of hydrogen-bond donors (Lipinski definition) is 0. The standard InChI is InChI=1S/C42H38O2/c1-28-10-12-29(13-11-28)30-14-16-31(17-15-30)32-18-20-33(21-19-32)36-26-43-39-24-22-34-6-2-4-8-37(34)41(39)42-38-9-5-3-7-35(38)23-25-40(42)44-27-36/h2-9,14-25,28-29,36H,10-13,26-27H2,1H3. The maximum absolute atomic E-state index is 6.70. The third-order valence-corrected chi connectivity index (χ3v) is 10.0. The molecule has 2 heteroatoms. The Labute approximate surface area is 260 Å². The number of fused-ring (bicyclic) bond motifs is 7. The summed E-state index contributed by atoms with van der Waals surface area (Å²) in [5, 5.41) is 4.75. The van der Waals surface area contributed by atoms with Crippen LogP contribution in [0.5, 0.6) is 11.5 Å². The van der Waals surface area contributed by atoms with Crippen LogP contribution in [0.15, 0.2) is 121 Å². The van der Waals surface area contributed by atoms with Crippen LogP contribution < -0.4 is 9.47 Å². The summed E-state index contributed by atoms with van der Waals surface area (Å²) in [7, 11) is 0. The molecule has 2 nitrogen and oxygen atoms in total. The summed E-state index contributed by atoms with van der Waals surface area (Å²) in [4.78, 5) is 0. The van der Waals surface area contributed by atoms with Crippen LogP contribution in [-0.2, 0) is 0 Å². The highest BCUT2D eigenvalue weighted by Gasteiger charge is 2.24. The molecular weight excluding hydrogens is 536 g/mol. The number of ether oxygens (including phenoxy) is 2. The maximum Gasteiger partial charge on any atom is 0.127 e. The van der Waals surface area contributed by atoms with Gasteiger partial charge in [0.05, 0.1) is 19.1 Å². The lowest BCUT2D eigenvalue weighted by Crippen LogP contribution is -2.17. The minimum absolute atomic E-state index is 0.0943. The predicted octanol–water partition coefficient (Wildman–Crippen LogP) is 11.2. The van der Waals surface area contributed by atoms with Crippen LogP contribution in [0, 0.1) is 5.92 Å². The topological polar surface area (TPSA) is 18.5 Å². The summed E-state index contributed by atoms with van der Waals surface area (Å²) in [6, 6.07) is 44.0. The molecule has 218 valence electrons. The van der Waals surface area contributed by atoms with Gasteiger partial charge in [-0.1, -0.05) is 129 Å². The number of benzene rings is 6. The monoisotopic (exact) mass is 574 g/mol. The Bertz CT molecular complexity index is 1840. The Morgan fingerprint density at radius 1 is 0.455 bits per heavy atom. The molecule has 2 aliphatic rings. The van der Waals surface area contributed by atoms with E-state index in [0.717, 1.165) is 34.5 Å². The summed E-state index contributed by atoms with van der Waals surface area (Å²) in [5.41, 5.74) is 7.46. The molecule has 0 aromatic heterocycles. The second-order valence-electron chi connectivity index (χ2n) is 12.8. The van der Waals surface area contributed by atoms with E-state index in [2.05, 4.69) is 128 Å². The van der Waals surface area contributed by atoms with Gasteiger partial charge in [0, 0.05) is 11.1 Å². The van der Waals surface area contributed by atoms with Crippen molar-refractivity contribution in [3.63, 3.8) is 0 Å². The van der Waals surface area contributed by atoms with Crippen molar-refractivity contribution in [1.29, 1.82) is 0 Å². The van der Waals surface area contributed by atoms with E-state index in [4.69, 9.17) is 9.47 Å². The summed E-state index contributed by atoms with van der Waals surface area (Å²) in [6.45, 7) is 3.48. The highest BCUT2D eigenvalue weighted by Crippen LogP contribution is 2.46. The van der Waals surface area contributed by atoms with E-state index in [1.54, 1.807) is 0 Å². The molecule has 1 heterocycles. The molecule has 1 aliphatic heterocycles. The molecule has 0 spiro atoms. The number of hydrogen-bond acceptors (Lipinski definition) is 2. The van der Waals surface area contributed by atoms with Gasteiger partial charge in [-0.2, -0.15) is 0 Å². The smallest absolute Gasteiger partial charge is 0.127 e. The zero-order chi connectivity index (χ0) is 29.5. The van der Waals surface area contributed by atoms with Gasteiger partial charge in [-0.15, -0.1) is 0 Å². The third-order valence-electron chi connectivity index (χ3n) is 10.0. The van der Waals surface area contributed by atoms with Crippen LogP contribution in [0.1, 0.15) is 55.6 Å². The molecule has 0 radical (unpaired) electrons. The van der Waals surface area contributed by atoms with Crippen molar-refractivity contribution in [2.75, 3.05) is 13.2 Å². The Kier molecular flexibility index (Phi) is 7.06. The summed E-state index contributed by atoms with van der Waals surface area (Å²) in [6.07, 6.45) is 5.35. The second kappa shape index (κ2) is 11.5. The fourth-order valence-corrected chi connectivity index (χ4v) is 7.37. The molecule has 1 aliphatic carbocycles. The van der Waals surface area contributed by atoms with Gasteiger partial charge in [-0.3, -0.25) is 0 Å². The zero-order valence-corrected chi connectivity index (χ0v) is 25.3. The van der Waals surface area contributed by atoms with E-state index in [1.165, 1.54) is 69.5 Å². The maximum atomic E-state index is 6.70. The molecule has 0 atom stereocenters. The van der Waals surface area contributed by atoms with E-state index in [1.807, 2.05) is 0 Å². The molecule has 6 aromatic carbocycles. The lowest BCUT2D eigenvalue weighted by atomic mass is 9.79. The fraction of sp³-hybridized carbons (Fsp3) is 0.238. The summed E-state index contributed by atoms with van der Waals surface area (Å²) < 4.78 is 13.4. The summed E-state index contributed by atoms with van der Waals surface area (Å²) >= 11 is 0. The largest absolute Gasteiger partial charge is 0.492 e. The van der Waals surface area contributed by atoms with Crippen LogP contribution >= 0.6 is 0 Å². The van der Waals surface area contributed by atoms with Gasteiger partial charge < -0.3 is 9.47 Å². The first-order valence-corrected chi connectivity index (χ1v) is 16.2. The van der Waals surface area contributed by atoms with Crippen LogP contribution in [0.4, 0.5) is 0 Å². The van der Waals surface area contributed by atoms with Gasteiger partial charge in [0.2, 0.25) is 0 Å². The first-order valence-electron chi connectivity index (χ1n) is 16.2. The highest BCUT2D eigenvalue weighted by atomic mass is 16.5. The third kappa shape index (κ3) is 5.03. The average Bonchev–Trinajstić information content (AvgIpc) is 3.17. The van der Waals surface area contributed by atoms with E-state index >= 15 is 0 Å². The minimum Gasteiger partial charge on any atom is -0.492 e. The molecule has 0 saturated heterocycles. The predicted molar refractivity (Wildman–Crippen MR) is 183 cm³/mol. The van der Waals surface area contributed by atoms with Crippen molar-refractivity contribution in [1.82, 2.24) is 0 Å². The molecule has 0 N–H and O–H groups in total. The average molecular weight is 575 g/mol. The summed E-state index contributed by atoms with van der Waals surface area (Å²) in [5.74, 6) is 3.50. The normalized spacial score (nSPS) is 18.8. The Morgan fingerprint density at radius 2 is 0.909 bits per heavy atom. The SMILES string of the molecule is CC1CCC(c2ccc(-c3ccc(C4COc5ccc6ccccc6c5-c5c(ccc6ccccc56)OC4)cc3)cc2)CC1. The van der Waals surface area contributed by atoms with E-state index in [9.17, 15) is 0 Å². The molecule has 1 saturated carbocycles. The lowest BCUT2D eigenvalue weighted by Gasteiger charge is -2.26. The van der Waals surface area contributed by atoms with Gasteiger partial charge in [0.1, 0.15) is 11.5 Å². The lowest BCUT2D eigenvalue weighted by molar-refractivity contribution is 0.223. The first-order chi connectivity index (χ1) is 21.7. The minimum atomic E-state index is 0.0943. The van der Waals surface area contributed by atoms with Crippen molar-refractivity contribution >= 4 is 21.5 Å². The second-order valence-corrected chi connectivity index (χ2v) is 12.8. The molecule has 0 amide bonds. The molecule has 0 unspecified atom stereocenters. The van der Waals surface area contributed by atoms with Crippen molar-refractivity contribution in [3.05, 3.63) is 132 Å². The Balaban J connectivity index is 1.11.